The molecule has 0 aromatic carbocycles. The maximum atomic E-state index is 11.6. The summed E-state index contributed by atoms with van der Waals surface area (Å²) >= 11 is 1.85. The number of hydrogen-bond acceptors (Lipinski definition) is 5. The van der Waals surface area contributed by atoms with Crippen molar-refractivity contribution in [2.75, 3.05) is 44.9 Å². The molecule has 0 bridgehead atoms. The Balaban J connectivity index is 2.06. The van der Waals surface area contributed by atoms with Gasteiger partial charge in [-0.2, -0.15) is 11.8 Å². The highest BCUT2D eigenvalue weighted by molar-refractivity contribution is 7.99. The molecule has 1 saturated heterocycles. The van der Waals surface area contributed by atoms with Crippen LogP contribution in [0, 0.1) is 0 Å². The molecule has 1 atom stereocenters. The lowest BCUT2D eigenvalue weighted by atomic mass is 10.2. The summed E-state index contributed by atoms with van der Waals surface area (Å²) in [4.78, 5) is 22.9. The first-order chi connectivity index (χ1) is 8.72. The van der Waals surface area contributed by atoms with Crippen molar-refractivity contribution >= 4 is 23.6 Å². The van der Waals surface area contributed by atoms with Crippen LogP contribution in [0.5, 0.6) is 0 Å². The van der Waals surface area contributed by atoms with Gasteiger partial charge in [0.25, 0.3) is 0 Å². The fourth-order valence-electron chi connectivity index (χ4n) is 1.58. The molecule has 1 aliphatic heterocycles. The molecule has 0 spiro atoms. The lowest BCUT2D eigenvalue weighted by Crippen LogP contribution is -2.43. The summed E-state index contributed by atoms with van der Waals surface area (Å²) < 4.78 is 4.81. The van der Waals surface area contributed by atoms with Gasteiger partial charge in [0, 0.05) is 44.2 Å². The fraction of sp³-hybridized carbons (Fsp3) is 0.818. The second-order valence-electron chi connectivity index (χ2n) is 4.05. The molecule has 2 amide bonds. The Labute approximate surface area is 112 Å². The standard InChI is InChI=1S/C11H21N3O3S/c1-17-4-2-13-11(16)7-14-10(15)6-9-8-18-5-3-12-9/h9,12H,2-8H2,1H3,(H,13,16)(H,14,15). The van der Waals surface area contributed by atoms with Gasteiger partial charge in [-0.3, -0.25) is 9.59 Å². The van der Waals surface area contributed by atoms with Crippen molar-refractivity contribution in [3.8, 4) is 0 Å². The second kappa shape index (κ2) is 9.18. The van der Waals surface area contributed by atoms with E-state index >= 15 is 0 Å². The zero-order valence-corrected chi connectivity index (χ0v) is 11.5. The summed E-state index contributed by atoms with van der Waals surface area (Å²) in [6, 6.07) is 0.223. The predicted molar refractivity (Wildman–Crippen MR) is 71.6 cm³/mol. The van der Waals surface area contributed by atoms with Crippen LogP contribution in [0.4, 0.5) is 0 Å². The Kier molecular flexibility index (Phi) is 7.79. The monoisotopic (exact) mass is 275 g/mol. The van der Waals surface area contributed by atoms with Gasteiger partial charge in [0.05, 0.1) is 13.2 Å². The molecule has 3 N–H and O–H groups in total. The van der Waals surface area contributed by atoms with E-state index in [9.17, 15) is 9.59 Å². The quantitative estimate of drug-likeness (QED) is 0.517. The van der Waals surface area contributed by atoms with Crippen LogP contribution in [0.2, 0.25) is 0 Å². The number of carbonyl (C=O) groups excluding carboxylic acids is 2. The zero-order valence-electron chi connectivity index (χ0n) is 10.7. The van der Waals surface area contributed by atoms with Crippen LogP contribution >= 0.6 is 11.8 Å². The highest BCUT2D eigenvalue weighted by Gasteiger charge is 2.16. The first-order valence-corrected chi connectivity index (χ1v) is 7.21. The largest absolute Gasteiger partial charge is 0.383 e. The molecule has 1 unspecified atom stereocenters. The van der Waals surface area contributed by atoms with E-state index in [1.54, 1.807) is 7.11 Å². The highest BCUT2D eigenvalue weighted by Crippen LogP contribution is 2.09. The number of thioether (sulfide) groups is 1. The first-order valence-electron chi connectivity index (χ1n) is 6.06. The molecule has 104 valence electrons. The van der Waals surface area contributed by atoms with Crippen molar-refractivity contribution in [2.24, 2.45) is 0 Å². The number of hydrogen-bond donors (Lipinski definition) is 3. The van der Waals surface area contributed by atoms with Gasteiger partial charge in [-0.05, 0) is 0 Å². The van der Waals surface area contributed by atoms with Crippen LogP contribution in [0.25, 0.3) is 0 Å². The maximum absolute atomic E-state index is 11.6. The summed E-state index contributed by atoms with van der Waals surface area (Å²) in [7, 11) is 1.57. The average molecular weight is 275 g/mol. The van der Waals surface area contributed by atoms with E-state index in [1.165, 1.54) is 0 Å². The van der Waals surface area contributed by atoms with Gasteiger partial charge in [-0.25, -0.2) is 0 Å². The third kappa shape index (κ3) is 6.83. The Morgan fingerprint density at radius 1 is 1.39 bits per heavy atom. The van der Waals surface area contributed by atoms with Crippen LogP contribution in [-0.4, -0.2) is 62.7 Å². The first kappa shape index (κ1) is 15.3. The van der Waals surface area contributed by atoms with E-state index < -0.39 is 0 Å². The molecule has 1 heterocycles. The second-order valence-corrected chi connectivity index (χ2v) is 5.20. The van der Waals surface area contributed by atoms with Crippen molar-refractivity contribution in [1.29, 1.82) is 0 Å². The van der Waals surface area contributed by atoms with Crippen molar-refractivity contribution in [3.05, 3.63) is 0 Å². The molecule has 0 radical (unpaired) electrons. The molecular weight excluding hydrogens is 254 g/mol. The molecule has 18 heavy (non-hydrogen) atoms. The SMILES string of the molecule is COCCNC(=O)CNC(=O)CC1CSCCN1. The summed E-state index contributed by atoms with van der Waals surface area (Å²) in [6.45, 7) is 1.91. The van der Waals surface area contributed by atoms with E-state index in [-0.39, 0.29) is 24.4 Å². The van der Waals surface area contributed by atoms with Crippen LogP contribution in [-0.2, 0) is 14.3 Å². The summed E-state index contributed by atoms with van der Waals surface area (Å²) in [6.07, 6.45) is 0.429. The molecule has 0 aromatic heterocycles. The van der Waals surface area contributed by atoms with E-state index in [2.05, 4.69) is 16.0 Å². The van der Waals surface area contributed by atoms with Gasteiger partial charge < -0.3 is 20.7 Å². The number of carbonyl (C=O) groups is 2. The predicted octanol–water partition coefficient (Wildman–Crippen LogP) is -1.04. The summed E-state index contributed by atoms with van der Waals surface area (Å²) in [5.74, 6) is 1.77. The van der Waals surface area contributed by atoms with Crippen LogP contribution in [0.1, 0.15) is 6.42 Å². The number of rotatable bonds is 7. The van der Waals surface area contributed by atoms with E-state index in [4.69, 9.17) is 4.74 Å². The summed E-state index contributed by atoms with van der Waals surface area (Å²) in [5.41, 5.74) is 0. The van der Waals surface area contributed by atoms with Crippen LogP contribution in [0.3, 0.4) is 0 Å². The minimum atomic E-state index is -0.189. The number of nitrogens with one attached hydrogen (secondary N) is 3. The molecule has 1 rings (SSSR count). The van der Waals surface area contributed by atoms with Gasteiger partial charge >= 0.3 is 0 Å². The van der Waals surface area contributed by atoms with Gasteiger partial charge in [-0.15, -0.1) is 0 Å². The van der Waals surface area contributed by atoms with Crippen LogP contribution < -0.4 is 16.0 Å². The zero-order chi connectivity index (χ0) is 13.2. The van der Waals surface area contributed by atoms with Crippen molar-refractivity contribution in [2.45, 2.75) is 12.5 Å². The van der Waals surface area contributed by atoms with E-state index in [0.29, 0.717) is 19.6 Å². The Morgan fingerprint density at radius 3 is 2.89 bits per heavy atom. The number of amides is 2. The molecule has 7 heteroatoms. The van der Waals surface area contributed by atoms with Gasteiger partial charge in [-0.1, -0.05) is 0 Å². The molecule has 0 aliphatic carbocycles. The molecule has 0 saturated carbocycles. The minimum Gasteiger partial charge on any atom is -0.383 e. The lowest BCUT2D eigenvalue weighted by Gasteiger charge is -2.22. The van der Waals surface area contributed by atoms with Crippen molar-refractivity contribution in [3.63, 3.8) is 0 Å². The smallest absolute Gasteiger partial charge is 0.239 e. The van der Waals surface area contributed by atoms with Crippen molar-refractivity contribution < 1.29 is 14.3 Å². The molecule has 6 nitrogen and oxygen atoms in total. The highest BCUT2D eigenvalue weighted by atomic mass is 32.2. The number of methoxy groups -OCH3 is 1. The Morgan fingerprint density at radius 2 is 2.22 bits per heavy atom. The maximum Gasteiger partial charge on any atom is 0.239 e. The van der Waals surface area contributed by atoms with Gasteiger partial charge in [0.15, 0.2) is 0 Å². The van der Waals surface area contributed by atoms with E-state index in [1.807, 2.05) is 11.8 Å². The van der Waals surface area contributed by atoms with E-state index in [0.717, 1.165) is 18.1 Å². The summed E-state index contributed by atoms with van der Waals surface area (Å²) in [5, 5.41) is 8.54. The molecule has 1 fully saturated rings. The third-order valence-corrected chi connectivity index (χ3v) is 3.64. The topological polar surface area (TPSA) is 79.5 Å². The lowest BCUT2D eigenvalue weighted by molar-refractivity contribution is -0.126. The van der Waals surface area contributed by atoms with Gasteiger partial charge in [0.1, 0.15) is 0 Å². The Hall–Kier alpha value is -0.790. The molecule has 1 aliphatic rings. The molecule has 0 aromatic rings. The minimum absolute atomic E-state index is 0.0302. The van der Waals surface area contributed by atoms with Gasteiger partial charge in [0.2, 0.25) is 11.8 Å². The third-order valence-electron chi connectivity index (χ3n) is 2.50. The number of ether oxygens (including phenoxy) is 1. The Bertz CT molecular complexity index is 270. The molecular formula is C11H21N3O3S. The van der Waals surface area contributed by atoms with Crippen molar-refractivity contribution in [1.82, 2.24) is 16.0 Å². The normalized spacial score (nSPS) is 19.3. The van der Waals surface area contributed by atoms with Crippen LogP contribution in [0.15, 0.2) is 0 Å². The average Bonchev–Trinajstić information content (AvgIpc) is 2.38. The fourth-order valence-corrected chi connectivity index (χ4v) is 2.53.